The molecule has 1 aromatic heterocycles. The number of hydrogen-bond acceptors (Lipinski definition) is 5. The lowest BCUT2D eigenvalue weighted by molar-refractivity contribution is 0.0949. The Kier molecular flexibility index (Phi) is 8.18. The van der Waals surface area contributed by atoms with Crippen LogP contribution in [0.3, 0.4) is 0 Å². The molecule has 0 atom stereocenters. The molecule has 3 rings (SSSR count). The van der Waals surface area contributed by atoms with Crippen molar-refractivity contribution in [1.82, 2.24) is 15.4 Å². The summed E-state index contributed by atoms with van der Waals surface area (Å²) >= 11 is 13.2. The number of benzene rings is 2. The van der Waals surface area contributed by atoms with Crippen LogP contribution in [0.2, 0.25) is 10.0 Å². The van der Waals surface area contributed by atoms with Gasteiger partial charge in [0.15, 0.2) is 0 Å². The lowest BCUT2D eigenvalue weighted by atomic mass is 10.0. The number of rotatable bonds is 9. The lowest BCUT2D eigenvalue weighted by Crippen LogP contribution is -2.35. The van der Waals surface area contributed by atoms with Gasteiger partial charge < -0.3 is 20.1 Å². The first kappa shape index (κ1) is 24.1. The molecule has 0 unspecified atom stereocenters. The highest BCUT2D eigenvalue weighted by atomic mass is 35.5. The Morgan fingerprint density at radius 1 is 1.09 bits per heavy atom. The van der Waals surface area contributed by atoms with Crippen molar-refractivity contribution >= 4 is 40.5 Å². The maximum Gasteiger partial charge on any atom is 0.253 e. The SMILES string of the molecule is CCN(CC)CCNC(=O)c1ccccc1Nc1c(Cl)cc(-c2c(C)noc2C)cc1Cl. The van der Waals surface area contributed by atoms with Gasteiger partial charge in [-0.25, -0.2) is 0 Å². The van der Waals surface area contributed by atoms with Crippen LogP contribution in [0.5, 0.6) is 0 Å². The molecule has 0 radical (unpaired) electrons. The Balaban J connectivity index is 1.82. The minimum Gasteiger partial charge on any atom is -0.361 e. The highest BCUT2D eigenvalue weighted by Crippen LogP contribution is 2.39. The van der Waals surface area contributed by atoms with Gasteiger partial charge in [-0.1, -0.05) is 54.3 Å². The summed E-state index contributed by atoms with van der Waals surface area (Å²) in [6.07, 6.45) is 0. The predicted molar refractivity (Wildman–Crippen MR) is 131 cm³/mol. The molecule has 1 amide bonds. The third-order valence-corrected chi connectivity index (χ3v) is 6.00. The number of aromatic nitrogens is 1. The fourth-order valence-electron chi connectivity index (χ4n) is 3.62. The largest absolute Gasteiger partial charge is 0.361 e. The lowest BCUT2D eigenvalue weighted by Gasteiger charge is -2.19. The highest BCUT2D eigenvalue weighted by Gasteiger charge is 2.18. The topological polar surface area (TPSA) is 70.4 Å². The number of carbonyl (C=O) groups excluding carboxylic acids is 1. The number of para-hydroxylation sites is 1. The number of hydrogen-bond donors (Lipinski definition) is 2. The minimum absolute atomic E-state index is 0.153. The minimum atomic E-state index is -0.153. The van der Waals surface area contributed by atoms with Crippen LogP contribution in [0, 0.1) is 13.8 Å². The zero-order valence-corrected chi connectivity index (χ0v) is 20.3. The molecule has 2 aromatic carbocycles. The second-order valence-electron chi connectivity index (χ2n) is 7.47. The molecule has 32 heavy (non-hydrogen) atoms. The maximum absolute atomic E-state index is 12.8. The molecule has 0 fully saturated rings. The summed E-state index contributed by atoms with van der Waals surface area (Å²) < 4.78 is 5.26. The first-order chi connectivity index (χ1) is 15.3. The number of amides is 1. The molecular weight excluding hydrogens is 447 g/mol. The van der Waals surface area contributed by atoms with E-state index in [4.69, 9.17) is 27.7 Å². The van der Waals surface area contributed by atoms with Gasteiger partial charge in [-0.15, -0.1) is 0 Å². The molecule has 0 spiro atoms. The second kappa shape index (κ2) is 10.9. The molecule has 2 N–H and O–H groups in total. The quantitative estimate of drug-likeness (QED) is 0.393. The Morgan fingerprint density at radius 3 is 2.34 bits per heavy atom. The number of nitrogens with one attached hydrogen (secondary N) is 2. The maximum atomic E-state index is 12.8. The van der Waals surface area contributed by atoms with Gasteiger partial charge >= 0.3 is 0 Å². The van der Waals surface area contributed by atoms with Crippen molar-refractivity contribution in [2.45, 2.75) is 27.7 Å². The van der Waals surface area contributed by atoms with E-state index in [-0.39, 0.29) is 5.91 Å². The number of likely N-dealkylation sites (N-methyl/N-ethyl adjacent to an activating group) is 1. The van der Waals surface area contributed by atoms with Crippen molar-refractivity contribution < 1.29 is 9.32 Å². The Hall–Kier alpha value is -2.54. The number of carbonyl (C=O) groups is 1. The van der Waals surface area contributed by atoms with Gasteiger partial charge in [0.2, 0.25) is 0 Å². The first-order valence-electron chi connectivity index (χ1n) is 10.6. The molecule has 0 saturated heterocycles. The molecule has 0 aliphatic heterocycles. The van der Waals surface area contributed by atoms with Crippen molar-refractivity contribution in [1.29, 1.82) is 0 Å². The van der Waals surface area contributed by atoms with Gasteiger partial charge in [-0.05, 0) is 56.8 Å². The summed E-state index contributed by atoms with van der Waals surface area (Å²) in [6, 6.07) is 10.9. The Labute approximate surface area is 198 Å². The summed E-state index contributed by atoms with van der Waals surface area (Å²) in [7, 11) is 0. The molecule has 0 saturated carbocycles. The van der Waals surface area contributed by atoms with E-state index >= 15 is 0 Å². The smallest absolute Gasteiger partial charge is 0.253 e. The highest BCUT2D eigenvalue weighted by molar-refractivity contribution is 6.39. The van der Waals surface area contributed by atoms with Crippen LogP contribution in [0.25, 0.3) is 11.1 Å². The zero-order chi connectivity index (χ0) is 23.3. The van der Waals surface area contributed by atoms with Crippen LogP contribution in [-0.4, -0.2) is 42.1 Å². The third kappa shape index (κ3) is 5.44. The standard InChI is InChI=1S/C24H28Cl2N4O2/c1-5-30(6-2)12-11-27-24(31)18-9-7-8-10-21(18)28-23-19(25)13-17(14-20(23)26)22-15(3)29-32-16(22)4/h7-10,13-14,28H,5-6,11-12H2,1-4H3,(H,27,31). The summed E-state index contributed by atoms with van der Waals surface area (Å²) in [6.45, 7) is 11.2. The molecule has 0 bridgehead atoms. The molecule has 1 heterocycles. The van der Waals surface area contributed by atoms with E-state index in [1.54, 1.807) is 6.07 Å². The van der Waals surface area contributed by atoms with Crippen molar-refractivity contribution in [3.05, 3.63) is 63.5 Å². The van der Waals surface area contributed by atoms with Gasteiger partial charge in [0.25, 0.3) is 5.91 Å². The molecule has 0 aliphatic carbocycles. The first-order valence-corrected chi connectivity index (χ1v) is 11.4. The summed E-state index contributed by atoms with van der Waals surface area (Å²) in [5, 5.41) is 11.1. The molecule has 0 aliphatic rings. The van der Waals surface area contributed by atoms with E-state index in [2.05, 4.69) is 34.5 Å². The van der Waals surface area contributed by atoms with Crippen LogP contribution >= 0.6 is 23.2 Å². The predicted octanol–water partition coefficient (Wildman–Crippen LogP) is 6.08. The fourth-order valence-corrected chi connectivity index (χ4v) is 4.20. The monoisotopic (exact) mass is 474 g/mol. The van der Waals surface area contributed by atoms with Crippen molar-refractivity contribution in [3.63, 3.8) is 0 Å². The van der Waals surface area contributed by atoms with Crippen molar-refractivity contribution in [2.24, 2.45) is 0 Å². The molecule has 8 heteroatoms. The summed E-state index contributed by atoms with van der Waals surface area (Å²) in [5.41, 5.74) is 4.14. The van der Waals surface area contributed by atoms with E-state index in [1.165, 1.54) is 0 Å². The van der Waals surface area contributed by atoms with Crippen LogP contribution < -0.4 is 10.6 Å². The van der Waals surface area contributed by atoms with E-state index in [1.807, 2.05) is 44.2 Å². The van der Waals surface area contributed by atoms with Gasteiger partial charge in [0, 0.05) is 18.7 Å². The Morgan fingerprint density at radius 2 is 1.75 bits per heavy atom. The van der Waals surface area contributed by atoms with Crippen LogP contribution in [0.15, 0.2) is 40.9 Å². The van der Waals surface area contributed by atoms with Gasteiger partial charge in [-0.3, -0.25) is 4.79 Å². The van der Waals surface area contributed by atoms with Crippen molar-refractivity contribution in [3.8, 4) is 11.1 Å². The van der Waals surface area contributed by atoms with Gasteiger partial charge in [-0.2, -0.15) is 0 Å². The summed E-state index contributed by atoms with van der Waals surface area (Å²) in [4.78, 5) is 15.1. The van der Waals surface area contributed by atoms with E-state index in [0.29, 0.717) is 39.3 Å². The number of anilines is 2. The second-order valence-corrected chi connectivity index (χ2v) is 8.28. The van der Waals surface area contributed by atoms with Gasteiger partial charge in [0.1, 0.15) is 5.76 Å². The number of halogens is 2. The number of aryl methyl sites for hydroxylation is 2. The molecular formula is C24H28Cl2N4O2. The zero-order valence-electron chi connectivity index (χ0n) is 18.8. The average molecular weight is 475 g/mol. The Bertz CT molecular complexity index is 1050. The third-order valence-electron chi connectivity index (χ3n) is 5.40. The van der Waals surface area contributed by atoms with Crippen LogP contribution in [0.1, 0.15) is 35.7 Å². The normalized spacial score (nSPS) is 11.1. The van der Waals surface area contributed by atoms with Crippen molar-refractivity contribution in [2.75, 3.05) is 31.5 Å². The fraction of sp³-hybridized carbons (Fsp3) is 0.333. The van der Waals surface area contributed by atoms with Crippen LogP contribution in [0.4, 0.5) is 11.4 Å². The molecule has 6 nitrogen and oxygen atoms in total. The van der Waals surface area contributed by atoms with E-state index in [0.717, 1.165) is 36.5 Å². The van der Waals surface area contributed by atoms with Gasteiger partial charge in [0.05, 0.1) is 32.7 Å². The van der Waals surface area contributed by atoms with Crippen LogP contribution in [-0.2, 0) is 0 Å². The van der Waals surface area contributed by atoms with E-state index in [9.17, 15) is 4.79 Å². The number of nitrogens with zero attached hydrogens (tertiary/aromatic N) is 2. The molecule has 3 aromatic rings. The van der Waals surface area contributed by atoms with E-state index < -0.39 is 0 Å². The average Bonchev–Trinajstić information content (AvgIpc) is 3.11. The summed E-state index contributed by atoms with van der Waals surface area (Å²) in [5.74, 6) is 0.543. The molecule has 170 valence electrons.